The number of hydrogen-bond donors (Lipinski definition) is 1. The highest BCUT2D eigenvalue weighted by atomic mass is 32.2. The Morgan fingerprint density at radius 3 is 2.50 bits per heavy atom. The van der Waals surface area contributed by atoms with E-state index in [4.69, 9.17) is 4.74 Å². The first kappa shape index (κ1) is 23.2. The molecule has 4 aromatic rings. The Morgan fingerprint density at radius 2 is 1.79 bits per heavy atom. The molecule has 0 aliphatic rings. The number of benzene rings is 3. The van der Waals surface area contributed by atoms with Crippen LogP contribution in [0.15, 0.2) is 77.7 Å². The number of nitrogens with zero attached hydrogens (tertiary/aromatic N) is 1. The van der Waals surface area contributed by atoms with Crippen molar-refractivity contribution in [2.24, 2.45) is 0 Å². The van der Waals surface area contributed by atoms with Gasteiger partial charge in [-0.15, -0.1) is 0 Å². The number of aromatic nitrogens is 1. The van der Waals surface area contributed by atoms with Gasteiger partial charge in [0, 0.05) is 22.7 Å². The zero-order chi connectivity index (χ0) is 24.3. The predicted octanol–water partition coefficient (Wildman–Crippen LogP) is 4.70. The molecule has 7 nitrogen and oxygen atoms in total. The van der Waals surface area contributed by atoms with Gasteiger partial charge in [-0.1, -0.05) is 35.9 Å². The summed E-state index contributed by atoms with van der Waals surface area (Å²) in [6, 6.07) is 18.9. The summed E-state index contributed by atoms with van der Waals surface area (Å²) in [4.78, 5) is 16.1. The third kappa shape index (κ3) is 5.15. The van der Waals surface area contributed by atoms with Crippen molar-refractivity contribution in [1.82, 2.24) is 4.98 Å². The van der Waals surface area contributed by atoms with E-state index < -0.39 is 21.8 Å². The number of rotatable bonds is 7. The molecular weight excluding hydrogens is 459 g/mol. The molecule has 34 heavy (non-hydrogen) atoms. The second-order valence-corrected chi connectivity index (χ2v) is 9.21. The van der Waals surface area contributed by atoms with Gasteiger partial charge in [0.1, 0.15) is 11.6 Å². The Balaban J connectivity index is 1.76. The largest absolute Gasteiger partial charge is 0.481 e. The Hall–Kier alpha value is -3.98. The molecule has 0 saturated carbocycles. The smallest absolute Gasteiger partial charge is 0.343 e. The van der Waals surface area contributed by atoms with Crippen molar-refractivity contribution >= 4 is 32.6 Å². The van der Waals surface area contributed by atoms with Crippen LogP contribution in [0, 0.1) is 12.7 Å². The highest BCUT2D eigenvalue weighted by molar-refractivity contribution is 7.92. The van der Waals surface area contributed by atoms with Crippen LogP contribution in [0.5, 0.6) is 5.75 Å². The number of hydrogen-bond acceptors (Lipinski definition) is 6. The molecular formula is C25H21FN2O5S. The van der Waals surface area contributed by atoms with E-state index >= 15 is 0 Å². The van der Waals surface area contributed by atoms with Crippen molar-refractivity contribution in [3.8, 4) is 17.0 Å². The summed E-state index contributed by atoms with van der Waals surface area (Å²) in [6.45, 7) is 1.65. The van der Waals surface area contributed by atoms with Crippen LogP contribution in [-0.4, -0.2) is 33.1 Å². The van der Waals surface area contributed by atoms with Gasteiger partial charge in [-0.3, -0.25) is 4.72 Å². The van der Waals surface area contributed by atoms with Crippen molar-refractivity contribution in [2.75, 3.05) is 18.4 Å². The normalized spacial score (nSPS) is 11.3. The van der Waals surface area contributed by atoms with Gasteiger partial charge in [0.15, 0.2) is 6.61 Å². The summed E-state index contributed by atoms with van der Waals surface area (Å²) in [5.74, 6) is -0.893. The van der Waals surface area contributed by atoms with Crippen molar-refractivity contribution in [3.05, 3.63) is 84.2 Å². The molecule has 1 aromatic heterocycles. The summed E-state index contributed by atoms with van der Waals surface area (Å²) >= 11 is 0. The molecule has 0 saturated heterocycles. The van der Waals surface area contributed by atoms with E-state index in [0.717, 1.165) is 23.3 Å². The van der Waals surface area contributed by atoms with Gasteiger partial charge in [-0.2, -0.15) is 0 Å². The van der Waals surface area contributed by atoms with Gasteiger partial charge in [0.05, 0.1) is 23.2 Å². The monoisotopic (exact) mass is 480 g/mol. The fraction of sp³-hybridized carbons (Fsp3) is 0.120. The van der Waals surface area contributed by atoms with Crippen molar-refractivity contribution in [1.29, 1.82) is 0 Å². The highest BCUT2D eigenvalue weighted by Crippen LogP contribution is 2.32. The minimum atomic E-state index is -4.03. The number of halogens is 1. The quantitative estimate of drug-likeness (QED) is 0.385. The highest BCUT2D eigenvalue weighted by Gasteiger charge is 2.17. The first-order chi connectivity index (χ1) is 16.2. The summed E-state index contributed by atoms with van der Waals surface area (Å²) < 4.78 is 51.7. The molecule has 3 aromatic carbocycles. The van der Waals surface area contributed by atoms with Gasteiger partial charge in [0.25, 0.3) is 10.0 Å². The predicted molar refractivity (Wildman–Crippen MR) is 127 cm³/mol. The van der Waals surface area contributed by atoms with Crippen molar-refractivity contribution in [2.45, 2.75) is 11.8 Å². The lowest BCUT2D eigenvalue weighted by molar-refractivity contribution is -0.142. The van der Waals surface area contributed by atoms with E-state index in [1.807, 2.05) is 31.2 Å². The van der Waals surface area contributed by atoms with Crippen LogP contribution in [0.4, 0.5) is 10.1 Å². The second kappa shape index (κ2) is 9.48. The van der Waals surface area contributed by atoms with Crippen LogP contribution in [0.2, 0.25) is 0 Å². The summed E-state index contributed by atoms with van der Waals surface area (Å²) in [6.07, 6.45) is 0. The fourth-order valence-corrected chi connectivity index (χ4v) is 4.37. The standard InChI is InChI=1S/C25H21FN2O5S/c1-16-6-8-17(9-7-16)23-14-24(33-15-25(29)32-2)21-13-19(10-11-22(21)27-23)28-34(30,31)20-5-3-4-18(26)12-20/h3-14,28H,15H2,1-2H3. The Kier molecular flexibility index (Phi) is 6.47. The van der Waals surface area contributed by atoms with E-state index in [1.54, 1.807) is 24.3 Å². The molecule has 0 unspecified atom stereocenters. The molecule has 0 aliphatic carbocycles. The number of esters is 1. The third-order valence-corrected chi connectivity index (χ3v) is 6.43. The second-order valence-electron chi connectivity index (χ2n) is 7.53. The summed E-state index contributed by atoms with van der Waals surface area (Å²) in [5.41, 5.74) is 3.34. The molecule has 0 radical (unpaired) electrons. The van der Waals surface area contributed by atoms with Crippen LogP contribution in [0.3, 0.4) is 0 Å². The number of pyridine rings is 1. The van der Waals surface area contributed by atoms with Crippen LogP contribution in [0.1, 0.15) is 5.56 Å². The summed E-state index contributed by atoms with van der Waals surface area (Å²) in [5, 5.41) is 0.485. The number of sulfonamides is 1. The molecule has 0 fully saturated rings. The van der Waals surface area contributed by atoms with Crippen LogP contribution in [0.25, 0.3) is 22.2 Å². The lowest BCUT2D eigenvalue weighted by Crippen LogP contribution is -2.14. The average molecular weight is 481 g/mol. The summed E-state index contributed by atoms with van der Waals surface area (Å²) in [7, 11) is -2.77. The fourth-order valence-electron chi connectivity index (χ4n) is 3.29. The van der Waals surface area contributed by atoms with Crippen molar-refractivity contribution in [3.63, 3.8) is 0 Å². The number of carbonyl (C=O) groups is 1. The molecule has 1 heterocycles. The van der Waals surface area contributed by atoms with Crippen LogP contribution < -0.4 is 9.46 Å². The molecule has 0 aliphatic heterocycles. The number of ether oxygens (including phenoxy) is 2. The molecule has 174 valence electrons. The van der Waals surface area contributed by atoms with E-state index in [9.17, 15) is 17.6 Å². The van der Waals surface area contributed by atoms with Gasteiger partial charge >= 0.3 is 5.97 Å². The zero-order valence-electron chi connectivity index (χ0n) is 18.4. The number of aryl methyl sites for hydroxylation is 1. The lowest BCUT2D eigenvalue weighted by atomic mass is 10.1. The Morgan fingerprint density at radius 1 is 1.03 bits per heavy atom. The first-order valence-electron chi connectivity index (χ1n) is 10.2. The van der Waals surface area contributed by atoms with Gasteiger partial charge in [0.2, 0.25) is 0 Å². The maximum atomic E-state index is 13.5. The maximum Gasteiger partial charge on any atom is 0.343 e. The minimum Gasteiger partial charge on any atom is -0.481 e. The molecule has 0 spiro atoms. The van der Waals surface area contributed by atoms with Gasteiger partial charge in [-0.25, -0.2) is 22.6 Å². The number of anilines is 1. The SMILES string of the molecule is COC(=O)COc1cc(-c2ccc(C)cc2)nc2ccc(NS(=O)(=O)c3cccc(F)c3)cc12. The molecule has 4 rings (SSSR count). The van der Waals surface area contributed by atoms with Gasteiger partial charge in [-0.05, 0) is 43.3 Å². The number of methoxy groups -OCH3 is 1. The number of fused-ring (bicyclic) bond motifs is 1. The lowest BCUT2D eigenvalue weighted by Gasteiger charge is -2.13. The molecule has 9 heteroatoms. The molecule has 0 atom stereocenters. The molecule has 1 N–H and O–H groups in total. The Labute approximate surface area is 196 Å². The topological polar surface area (TPSA) is 94.6 Å². The van der Waals surface area contributed by atoms with Crippen molar-refractivity contribution < 1.29 is 27.1 Å². The first-order valence-corrected chi connectivity index (χ1v) is 11.7. The number of nitrogens with one attached hydrogen (secondary N) is 1. The molecule has 0 bridgehead atoms. The third-order valence-electron chi connectivity index (χ3n) is 5.05. The van der Waals surface area contributed by atoms with Crippen LogP contribution in [-0.2, 0) is 19.6 Å². The van der Waals surface area contributed by atoms with E-state index in [-0.39, 0.29) is 17.2 Å². The van der Waals surface area contributed by atoms with Crippen LogP contribution >= 0.6 is 0 Å². The zero-order valence-corrected chi connectivity index (χ0v) is 19.2. The van der Waals surface area contributed by atoms with E-state index in [2.05, 4.69) is 14.4 Å². The van der Waals surface area contributed by atoms with E-state index in [0.29, 0.717) is 22.3 Å². The number of carbonyl (C=O) groups excluding carboxylic acids is 1. The Bertz CT molecular complexity index is 1470. The average Bonchev–Trinajstić information content (AvgIpc) is 2.82. The van der Waals surface area contributed by atoms with Gasteiger partial charge < -0.3 is 9.47 Å². The minimum absolute atomic E-state index is 0.206. The molecule has 0 amide bonds. The van der Waals surface area contributed by atoms with E-state index in [1.165, 1.54) is 19.2 Å². The maximum absolute atomic E-state index is 13.5.